The smallest absolute Gasteiger partial charge is 0.253 e. The van der Waals surface area contributed by atoms with Gasteiger partial charge in [0.1, 0.15) is 5.75 Å². The molecule has 0 spiro atoms. The third-order valence-corrected chi connectivity index (χ3v) is 4.07. The van der Waals surface area contributed by atoms with E-state index in [2.05, 4.69) is 24.1 Å². The molecular weight excluding hydrogens is 304 g/mol. The van der Waals surface area contributed by atoms with Crippen LogP contribution in [0.5, 0.6) is 5.75 Å². The van der Waals surface area contributed by atoms with Gasteiger partial charge in [-0.3, -0.25) is 9.78 Å². The molecule has 0 aliphatic heterocycles. The normalized spacial score (nSPS) is 13.4. The molecule has 2 N–H and O–H groups in total. The maximum atomic E-state index is 12.3. The Morgan fingerprint density at radius 3 is 2.62 bits per heavy atom. The van der Waals surface area contributed by atoms with Crippen LogP contribution in [0.4, 0.5) is 0 Å². The zero-order chi connectivity index (χ0) is 17.5. The van der Waals surface area contributed by atoms with Gasteiger partial charge >= 0.3 is 0 Å². The van der Waals surface area contributed by atoms with E-state index in [1.807, 2.05) is 18.3 Å². The molecule has 1 aromatic carbocycles. The van der Waals surface area contributed by atoms with Crippen molar-refractivity contribution < 1.29 is 14.6 Å². The SMILES string of the molecule is COc1cccc(C(O)C(=O)NCC(c2cccnc2)C(C)C)c1. The number of aliphatic hydroxyl groups excluding tert-OH is 1. The minimum atomic E-state index is -1.22. The minimum Gasteiger partial charge on any atom is -0.497 e. The molecular formula is C19H24N2O3. The van der Waals surface area contributed by atoms with Gasteiger partial charge in [0.2, 0.25) is 0 Å². The number of pyridine rings is 1. The molecule has 2 atom stereocenters. The van der Waals surface area contributed by atoms with Crippen molar-refractivity contribution >= 4 is 5.91 Å². The molecule has 1 amide bonds. The average Bonchev–Trinajstić information content (AvgIpc) is 2.61. The molecule has 24 heavy (non-hydrogen) atoms. The van der Waals surface area contributed by atoms with Crippen LogP contribution in [-0.2, 0) is 4.79 Å². The van der Waals surface area contributed by atoms with E-state index in [4.69, 9.17) is 4.74 Å². The van der Waals surface area contributed by atoms with E-state index in [0.29, 0.717) is 23.8 Å². The highest BCUT2D eigenvalue weighted by Crippen LogP contribution is 2.24. The van der Waals surface area contributed by atoms with Gasteiger partial charge in [-0.05, 0) is 35.2 Å². The fourth-order valence-electron chi connectivity index (χ4n) is 2.60. The second-order valence-electron chi connectivity index (χ2n) is 6.06. The van der Waals surface area contributed by atoms with Gasteiger partial charge in [0, 0.05) is 24.9 Å². The van der Waals surface area contributed by atoms with Gasteiger partial charge in [-0.2, -0.15) is 0 Å². The first-order chi connectivity index (χ1) is 11.5. The second-order valence-corrected chi connectivity index (χ2v) is 6.06. The third kappa shape index (κ3) is 4.55. The Bertz CT molecular complexity index is 659. The first-order valence-corrected chi connectivity index (χ1v) is 8.02. The van der Waals surface area contributed by atoms with E-state index in [-0.39, 0.29) is 5.92 Å². The first-order valence-electron chi connectivity index (χ1n) is 8.02. The molecule has 0 saturated carbocycles. The maximum Gasteiger partial charge on any atom is 0.253 e. The Kier molecular flexibility index (Phi) is 6.32. The predicted molar refractivity (Wildman–Crippen MR) is 92.8 cm³/mol. The number of ether oxygens (including phenoxy) is 1. The number of amides is 1. The van der Waals surface area contributed by atoms with E-state index < -0.39 is 12.0 Å². The van der Waals surface area contributed by atoms with Gasteiger partial charge in [0.25, 0.3) is 5.91 Å². The second kappa shape index (κ2) is 8.45. The molecule has 2 aromatic rings. The van der Waals surface area contributed by atoms with Gasteiger partial charge in [-0.25, -0.2) is 0 Å². The van der Waals surface area contributed by atoms with E-state index >= 15 is 0 Å². The van der Waals surface area contributed by atoms with Crippen molar-refractivity contribution in [2.75, 3.05) is 13.7 Å². The largest absolute Gasteiger partial charge is 0.497 e. The van der Waals surface area contributed by atoms with Gasteiger partial charge < -0.3 is 15.2 Å². The molecule has 2 unspecified atom stereocenters. The minimum absolute atomic E-state index is 0.139. The number of carbonyl (C=O) groups excluding carboxylic acids is 1. The molecule has 0 aliphatic carbocycles. The predicted octanol–water partition coefficient (Wildman–Crippen LogP) is 2.68. The van der Waals surface area contributed by atoms with Gasteiger partial charge in [0.15, 0.2) is 6.10 Å². The number of carbonyl (C=O) groups is 1. The lowest BCUT2D eigenvalue weighted by Gasteiger charge is -2.22. The van der Waals surface area contributed by atoms with Gasteiger partial charge in [-0.1, -0.05) is 32.0 Å². The average molecular weight is 328 g/mol. The Morgan fingerprint density at radius 2 is 2.00 bits per heavy atom. The van der Waals surface area contributed by atoms with E-state index in [1.165, 1.54) is 0 Å². The van der Waals surface area contributed by atoms with E-state index in [9.17, 15) is 9.90 Å². The van der Waals surface area contributed by atoms with Crippen LogP contribution in [0.3, 0.4) is 0 Å². The Labute approximate surface area is 142 Å². The standard InChI is InChI=1S/C19H24N2O3/c1-13(2)17(15-7-5-9-20-11-15)12-21-19(23)18(22)14-6-4-8-16(10-14)24-3/h4-11,13,17-18,22H,12H2,1-3H3,(H,21,23). The third-order valence-electron chi connectivity index (χ3n) is 4.07. The van der Waals surface area contributed by atoms with Crippen LogP contribution in [0.15, 0.2) is 48.8 Å². The fraction of sp³-hybridized carbons (Fsp3) is 0.368. The van der Waals surface area contributed by atoms with Crippen LogP contribution in [0.25, 0.3) is 0 Å². The summed E-state index contributed by atoms with van der Waals surface area (Å²) in [5.41, 5.74) is 1.58. The van der Waals surface area contributed by atoms with Crippen molar-refractivity contribution in [1.82, 2.24) is 10.3 Å². The summed E-state index contributed by atoms with van der Waals surface area (Å²) in [7, 11) is 1.55. The van der Waals surface area contributed by atoms with Crippen molar-refractivity contribution in [3.05, 3.63) is 59.9 Å². The van der Waals surface area contributed by atoms with Crippen LogP contribution in [0.1, 0.15) is 37.0 Å². The van der Waals surface area contributed by atoms with E-state index in [1.54, 1.807) is 37.6 Å². The van der Waals surface area contributed by atoms with Crippen LogP contribution in [-0.4, -0.2) is 29.7 Å². The highest BCUT2D eigenvalue weighted by atomic mass is 16.5. The van der Waals surface area contributed by atoms with Crippen molar-refractivity contribution in [1.29, 1.82) is 0 Å². The number of benzene rings is 1. The summed E-state index contributed by atoms with van der Waals surface area (Å²) >= 11 is 0. The molecule has 128 valence electrons. The molecule has 0 fully saturated rings. The van der Waals surface area contributed by atoms with Crippen molar-refractivity contribution in [3.63, 3.8) is 0 Å². The number of aromatic nitrogens is 1. The molecule has 1 heterocycles. The summed E-state index contributed by atoms with van der Waals surface area (Å²) in [5, 5.41) is 13.1. The molecule has 0 radical (unpaired) electrons. The molecule has 5 heteroatoms. The highest BCUT2D eigenvalue weighted by Gasteiger charge is 2.21. The zero-order valence-corrected chi connectivity index (χ0v) is 14.3. The van der Waals surface area contributed by atoms with Crippen molar-refractivity contribution in [2.45, 2.75) is 25.9 Å². The lowest BCUT2D eigenvalue weighted by molar-refractivity contribution is -0.129. The van der Waals surface area contributed by atoms with Crippen molar-refractivity contribution in [2.24, 2.45) is 5.92 Å². The molecule has 0 saturated heterocycles. The molecule has 0 bridgehead atoms. The molecule has 1 aromatic heterocycles. The molecule has 0 aliphatic rings. The lowest BCUT2D eigenvalue weighted by atomic mass is 9.89. The van der Waals surface area contributed by atoms with Crippen LogP contribution < -0.4 is 10.1 Å². The number of nitrogens with zero attached hydrogens (tertiary/aromatic N) is 1. The summed E-state index contributed by atoms with van der Waals surface area (Å²) < 4.78 is 5.12. The van der Waals surface area contributed by atoms with Crippen molar-refractivity contribution in [3.8, 4) is 5.75 Å². The monoisotopic (exact) mass is 328 g/mol. The van der Waals surface area contributed by atoms with Crippen LogP contribution >= 0.6 is 0 Å². The van der Waals surface area contributed by atoms with Crippen LogP contribution in [0.2, 0.25) is 0 Å². The molecule has 5 nitrogen and oxygen atoms in total. The maximum absolute atomic E-state index is 12.3. The summed E-state index contributed by atoms with van der Waals surface area (Å²) in [6.45, 7) is 4.65. The van der Waals surface area contributed by atoms with Gasteiger partial charge in [0.05, 0.1) is 7.11 Å². The molecule has 2 rings (SSSR count). The topological polar surface area (TPSA) is 71.5 Å². The number of hydrogen-bond donors (Lipinski definition) is 2. The number of hydrogen-bond acceptors (Lipinski definition) is 4. The summed E-state index contributed by atoms with van der Waals surface area (Å²) in [6.07, 6.45) is 2.32. The summed E-state index contributed by atoms with van der Waals surface area (Å²) in [5.74, 6) is 0.663. The zero-order valence-electron chi connectivity index (χ0n) is 14.3. The summed E-state index contributed by atoms with van der Waals surface area (Å²) in [6, 6.07) is 10.8. The first kappa shape index (κ1) is 17.9. The Morgan fingerprint density at radius 1 is 1.25 bits per heavy atom. The fourth-order valence-corrected chi connectivity index (χ4v) is 2.60. The van der Waals surface area contributed by atoms with Gasteiger partial charge in [-0.15, -0.1) is 0 Å². The highest BCUT2D eigenvalue weighted by molar-refractivity contribution is 5.82. The Hall–Kier alpha value is -2.40. The number of nitrogens with one attached hydrogen (secondary N) is 1. The number of rotatable bonds is 7. The quantitative estimate of drug-likeness (QED) is 0.820. The van der Waals surface area contributed by atoms with Crippen LogP contribution in [0, 0.1) is 5.92 Å². The Balaban J connectivity index is 2.02. The lowest BCUT2D eigenvalue weighted by Crippen LogP contribution is -2.34. The number of methoxy groups -OCH3 is 1. The number of aliphatic hydroxyl groups is 1. The summed E-state index contributed by atoms with van der Waals surface area (Å²) in [4.78, 5) is 16.4. The van der Waals surface area contributed by atoms with E-state index in [0.717, 1.165) is 5.56 Å².